The van der Waals surface area contributed by atoms with Gasteiger partial charge in [-0.1, -0.05) is 19.8 Å². The fraction of sp³-hybridized carbons (Fsp3) is 0.467. The zero-order valence-electron chi connectivity index (χ0n) is 12.3. The average molecular weight is 298 g/mol. The van der Waals surface area contributed by atoms with E-state index in [1.54, 1.807) is 0 Å². The van der Waals surface area contributed by atoms with Crippen LogP contribution in [0.3, 0.4) is 0 Å². The monoisotopic (exact) mass is 298 g/mol. The third-order valence-electron chi connectivity index (χ3n) is 3.01. The molecule has 0 aromatic heterocycles. The van der Waals surface area contributed by atoms with Gasteiger partial charge in [-0.3, -0.25) is 9.59 Å². The van der Waals surface area contributed by atoms with E-state index in [2.05, 4.69) is 5.32 Å². The fourth-order valence-corrected chi connectivity index (χ4v) is 1.85. The van der Waals surface area contributed by atoms with Crippen LogP contribution in [0.1, 0.15) is 33.1 Å². The summed E-state index contributed by atoms with van der Waals surface area (Å²) in [5.74, 6) is -2.63. The Labute approximate surface area is 123 Å². The number of hydrogen-bond donors (Lipinski definition) is 1. The third-order valence-corrected chi connectivity index (χ3v) is 3.01. The Morgan fingerprint density at radius 3 is 2.48 bits per heavy atom. The van der Waals surface area contributed by atoms with Crippen molar-refractivity contribution in [3.8, 4) is 0 Å². The summed E-state index contributed by atoms with van der Waals surface area (Å²) in [6.07, 6.45) is 2.83. The van der Waals surface area contributed by atoms with Crippen LogP contribution in [0.2, 0.25) is 0 Å². The molecule has 0 spiro atoms. The van der Waals surface area contributed by atoms with E-state index < -0.39 is 17.5 Å². The second-order valence-corrected chi connectivity index (χ2v) is 4.82. The summed E-state index contributed by atoms with van der Waals surface area (Å²) in [5, 5.41) is 2.45. The van der Waals surface area contributed by atoms with E-state index in [1.165, 1.54) is 17.9 Å². The van der Waals surface area contributed by atoms with Crippen LogP contribution in [0.5, 0.6) is 0 Å². The molecule has 1 rings (SSSR count). The number of carbonyl (C=O) groups is 2. The lowest BCUT2D eigenvalue weighted by atomic mass is 10.2. The SMILES string of the molecule is CCCCCN(CC(=O)Nc1ccc(F)c(F)c1)C(C)=O. The molecule has 4 nitrogen and oxygen atoms in total. The maximum atomic E-state index is 13.0. The summed E-state index contributed by atoms with van der Waals surface area (Å²) in [5.41, 5.74) is 0.163. The minimum atomic E-state index is -1.03. The van der Waals surface area contributed by atoms with Crippen LogP contribution in [0.25, 0.3) is 0 Å². The van der Waals surface area contributed by atoms with Crippen LogP contribution >= 0.6 is 0 Å². The van der Waals surface area contributed by atoms with Gasteiger partial charge in [0.1, 0.15) is 0 Å². The van der Waals surface area contributed by atoms with Crippen LogP contribution < -0.4 is 5.32 Å². The minimum Gasteiger partial charge on any atom is -0.334 e. The predicted molar refractivity (Wildman–Crippen MR) is 76.8 cm³/mol. The highest BCUT2D eigenvalue weighted by molar-refractivity contribution is 5.94. The number of nitrogens with one attached hydrogen (secondary N) is 1. The fourth-order valence-electron chi connectivity index (χ4n) is 1.85. The van der Waals surface area contributed by atoms with Gasteiger partial charge < -0.3 is 10.2 Å². The first kappa shape index (κ1) is 17.1. The second-order valence-electron chi connectivity index (χ2n) is 4.82. The number of nitrogens with zero attached hydrogens (tertiary/aromatic N) is 1. The molecule has 0 atom stereocenters. The second kappa shape index (κ2) is 8.34. The van der Waals surface area contributed by atoms with Gasteiger partial charge in [0.2, 0.25) is 11.8 Å². The predicted octanol–water partition coefficient (Wildman–Crippen LogP) is 2.94. The zero-order chi connectivity index (χ0) is 15.8. The lowest BCUT2D eigenvalue weighted by molar-refractivity contribution is -0.132. The molecule has 116 valence electrons. The molecular weight excluding hydrogens is 278 g/mol. The van der Waals surface area contributed by atoms with Crippen molar-refractivity contribution in [3.63, 3.8) is 0 Å². The molecule has 21 heavy (non-hydrogen) atoms. The highest BCUT2D eigenvalue weighted by Crippen LogP contribution is 2.13. The lowest BCUT2D eigenvalue weighted by Gasteiger charge is -2.20. The molecule has 1 aromatic rings. The van der Waals surface area contributed by atoms with Gasteiger partial charge in [0.05, 0.1) is 6.54 Å². The number of carbonyl (C=O) groups excluding carboxylic acids is 2. The highest BCUT2D eigenvalue weighted by atomic mass is 19.2. The molecule has 0 aliphatic carbocycles. The third kappa shape index (κ3) is 5.89. The molecule has 0 aliphatic rings. The molecular formula is C15H20F2N2O2. The Hall–Kier alpha value is -1.98. The number of benzene rings is 1. The van der Waals surface area contributed by atoms with Gasteiger partial charge in [0.25, 0.3) is 0 Å². The molecule has 6 heteroatoms. The maximum absolute atomic E-state index is 13.0. The summed E-state index contributed by atoms with van der Waals surface area (Å²) in [4.78, 5) is 24.7. The largest absolute Gasteiger partial charge is 0.334 e. The normalized spacial score (nSPS) is 10.3. The number of amides is 2. The summed E-state index contributed by atoms with van der Waals surface area (Å²) >= 11 is 0. The van der Waals surface area contributed by atoms with E-state index in [0.29, 0.717) is 6.54 Å². The van der Waals surface area contributed by atoms with Gasteiger partial charge in [-0.25, -0.2) is 8.78 Å². The van der Waals surface area contributed by atoms with Crippen molar-refractivity contribution in [2.45, 2.75) is 33.1 Å². The van der Waals surface area contributed by atoms with Gasteiger partial charge >= 0.3 is 0 Å². The van der Waals surface area contributed by atoms with Crippen molar-refractivity contribution < 1.29 is 18.4 Å². The topological polar surface area (TPSA) is 49.4 Å². The Balaban J connectivity index is 2.56. The Kier molecular flexibility index (Phi) is 6.78. The summed E-state index contributed by atoms with van der Waals surface area (Å²) in [6.45, 7) is 3.86. The molecule has 2 amide bonds. The van der Waals surface area contributed by atoms with Crippen molar-refractivity contribution in [2.24, 2.45) is 0 Å². The number of halogens is 2. The van der Waals surface area contributed by atoms with Gasteiger partial charge in [-0.2, -0.15) is 0 Å². The van der Waals surface area contributed by atoms with Crippen molar-refractivity contribution in [2.75, 3.05) is 18.4 Å². The summed E-state index contributed by atoms with van der Waals surface area (Å²) in [6, 6.07) is 3.11. The Morgan fingerprint density at radius 1 is 1.19 bits per heavy atom. The van der Waals surface area contributed by atoms with Crippen molar-refractivity contribution in [3.05, 3.63) is 29.8 Å². The lowest BCUT2D eigenvalue weighted by Crippen LogP contribution is -2.37. The van der Waals surface area contributed by atoms with Crippen LogP contribution in [-0.2, 0) is 9.59 Å². The summed E-state index contributed by atoms with van der Waals surface area (Å²) < 4.78 is 25.8. The molecule has 0 saturated carbocycles. The molecule has 0 radical (unpaired) electrons. The average Bonchev–Trinajstić information content (AvgIpc) is 2.42. The number of anilines is 1. The van der Waals surface area contributed by atoms with Gasteiger partial charge in [0, 0.05) is 25.2 Å². The molecule has 0 fully saturated rings. The van der Waals surface area contributed by atoms with E-state index >= 15 is 0 Å². The van der Waals surface area contributed by atoms with Crippen LogP contribution in [0.15, 0.2) is 18.2 Å². The molecule has 0 bridgehead atoms. The van der Waals surface area contributed by atoms with E-state index in [9.17, 15) is 18.4 Å². The van der Waals surface area contributed by atoms with Crippen LogP contribution in [0, 0.1) is 11.6 Å². The molecule has 0 aliphatic heterocycles. The number of hydrogen-bond acceptors (Lipinski definition) is 2. The standard InChI is InChI=1S/C15H20F2N2O2/c1-3-4-5-8-19(11(2)20)10-15(21)18-12-6-7-13(16)14(17)9-12/h6-7,9H,3-5,8,10H2,1-2H3,(H,18,21). The summed E-state index contributed by atoms with van der Waals surface area (Å²) in [7, 11) is 0. The zero-order valence-corrected chi connectivity index (χ0v) is 12.3. The first-order valence-electron chi connectivity index (χ1n) is 6.94. The molecule has 1 aromatic carbocycles. The van der Waals surface area contributed by atoms with E-state index in [1.807, 2.05) is 6.92 Å². The van der Waals surface area contributed by atoms with E-state index in [0.717, 1.165) is 31.4 Å². The molecule has 0 saturated heterocycles. The van der Waals surface area contributed by atoms with E-state index in [4.69, 9.17) is 0 Å². The smallest absolute Gasteiger partial charge is 0.243 e. The highest BCUT2D eigenvalue weighted by Gasteiger charge is 2.14. The molecule has 0 unspecified atom stereocenters. The Bertz CT molecular complexity index is 506. The first-order valence-corrected chi connectivity index (χ1v) is 6.94. The quantitative estimate of drug-likeness (QED) is 0.787. The van der Waals surface area contributed by atoms with Crippen LogP contribution in [-0.4, -0.2) is 29.8 Å². The maximum Gasteiger partial charge on any atom is 0.243 e. The van der Waals surface area contributed by atoms with Crippen molar-refractivity contribution in [1.82, 2.24) is 4.90 Å². The van der Waals surface area contributed by atoms with Gasteiger partial charge in [-0.15, -0.1) is 0 Å². The number of unbranched alkanes of at least 4 members (excludes halogenated alkanes) is 2. The van der Waals surface area contributed by atoms with Crippen molar-refractivity contribution in [1.29, 1.82) is 0 Å². The first-order chi connectivity index (χ1) is 9.93. The van der Waals surface area contributed by atoms with Gasteiger partial charge in [-0.05, 0) is 18.6 Å². The van der Waals surface area contributed by atoms with Crippen LogP contribution in [0.4, 0.5) is 14.5 Å². The van der Waals surface area contributed by atoms with Crippen molar-refractivity contribution >= 4 is 17.5 Å². The molecule has 1 N–H and O–H groups in total. The minimum absolute atomic E-state index is 0.0992. The Morgan fingerprint density at radius 2 is 1.90 bits per heavy atom. The van der Waals surface area contributed by atoms with Gasteiger partial charge in [0.15, 0.2) is 11.6 Å². The van der Waals surface area contributed by atoms with E-state index in [-0.39, 0.29) is 18.1 Å². The molecule has 0 heterocycles. The number of rotatable bonds is 7.